The number of para-hydroxylation sites is 1. The Kier molecular flexibility index (Phi) is 8.02. The summed E-state index contributed by atoms with van der Waals surface area (Å²) in [5.74, 6) is 7.13. The highest BCUT2D eigenvalue weighted by atomic mass is 16.5. The van der Waals surface area contributed by atoms with E-state index in [4.69, 9.17) is 14.3 Å². The number of aliphatic hydroxyl groups excluding tert-OH is 2. The lowest BCUT2D eigenvalue weighted by atomic mass is 9.86. The Balaban J connectivity index is 0.000000878. The van der Waals surface area contributed by atoms with E-state index in [1.54, 1.807) is 0 Å². The molecule has 0 saturated heterocycles. The van der Waals surface area contributed by atoms with Crippen LogP contribution in [0, 0.1) is 23.7 Å². The zero-order chi connectivity index (χ0) is 20.7. The van der Waals surface area contributed by atoms with Crippen molar-refractivity contribution in [1.29, 1.82) is 0 Å². The molecule has 1 aliphatic heterocycles. The molecule has 5 nitrogen and oxygen atoms in total. The van der Waals surface area contributed by atoms with E-state index in [1.807, 2.05) is 26.0 Å². The van der Waals surface area contributed by atoms with Crippen molar-refractivity contribution >= 4 is 6.15 Å². The number of carbonyl (C=O) groups excluding carboxylic acids is 2. The molecule has 150 valence electrons. The highest BCUT2D eigenvalue weighted by Crippen LogP contribution is 2.51. The van der Waals surface area contributed by atoms with Crippen LogP contribution in [0.15, 0.2) is 30.4 Å². The molecule has 0 aromatic heterocycles. The molecule has 1 heterocycles. The van der Waals surface area contributed by atoms with Gasteiger partial charge in [-0.1, -0.05) is 44.2 Å². The minimum absolute atomic E-state index is 0.0162. The van der Waals surface area contributed by atoms with Crippen molar-refractivity contribution in [3.05, 3.63) is 41.5 Å². The van der Waals surface area contributed by atoms with E-state index in [9.17, 15) is 10.2 Å². The smallest absolute Gasteiger partial charge is 0.373 e. The molecule has 3 rings (SSSR count). The number of rotatable bonds is 5. The number of hydrogen-bond donors (Lipinski definition) is 2. The molecule has 0 radical (unpaired) electrons. The topological polar surface area (TPSA) is 83.8 Å². The van der Waals surface area contributed by atoms with E-state index >= 15 is 0 Å². The zero-order valence-corrected chi connectivity index (χ0v) is 16.6. The van der Waals surface area contributed by atoms with Crippen LogP contribution in [0.4, 0.5) is 0 Å². The van der Waals surface area contributed by atoms with E-state index in [0.717, 1.165) is 12.2 Å². The minimum atomic E-state index is -0.545. The minimum Gasteiger partial charge on any atom is -0.489 e. The predicted molar refractivity (Wildman–Crippen MR) is 104 cm³/mol. The average Bonchev–Trinajstić information content (AvgIpc) is 3.19. The van der Waals surface area contributed by atoms with Crippen molar-refractivity contribution in [3.63, 3.8) is 0 Å². The Labute approximate surface area is 166 Å². The summed E-state index contributed by atoms with van der Waals surface area (Å²) in [5, 5.41) is 20.8. The van der Waals surface area contributed by atoms with Crippen molar-refractivity contribution in [1.82, 2.24) is 0 Å². The van der Waals surface area contributed by atoms with Gasteiger partial charge in [-0.25, -0.2) is 0 Å². The van der Waals surface area contributed by atoms with E-state index in [1.165, 1.54) is 11.1 Å². The summed E-state index contributed by atoms with van der Waals surface area (Å²) < 4.78 is 6.19. The molecule has 6 atom stereocenters. The van der Waals surface area contributed by atoms with Crippen LogP contribution in [-0.4, -0.2) is 34.7 Å². The van der Waals surface area contributed by atoms with Crippen molar-refractivity contribution in [2.24, 2.45) is 11.8 Å². The molecule has 1 aliphatic carbocycles. The fraction of sp³-hybridized carbons (Fsp3) is 0.522. The maximum absolute atomic E-state index is 10.5. The van der Waals surface area contributed by atoms with Gasteiger partial charge >= 0.3 is 6.15 Å². The van der Waals surface area contributed by atoms with E-state index < -0.39 is 12.2 Å². The Morgan fingerprint density at radius 1 is 1.36 bits per heavy atom. The molecule has 5 heteroatoms. The second kappa shape index (κ2) is 10.2. The van der Waals surface area contributed by atoms with Gasteiger partial charge < -0.3 is 14.9 Å². The molecule has 2 aliphatic rings. The molecule has 28 heavy (non-hydrogen) atoms. The van der Waals surface area contributed by atoms with Gasteiger partial charge in [0.05, 0.1) is 12.2 Å². The molecular weight excluding hydrogens is 356 g/mol. The first kappa shape index (κ1) is 21.9. The summed E-state index contributed by atoms with van der Waals surface area (Å²) in [6, 6.07) is 6.31. The molecule has 0 bridgehead atoms. The van der Waals surface area contributed by atoms with Crippen LogP contribution in [0.25, 0.3) is 0 Å². The fourth-order valence-corrected chi connectivity index (χ4v) is 4.06. The van der Waals surface area contributed by atoms with Gasteiger partial charge in [0.1, 0.15) is 11.9 Å². The first-order valence-electron chi connectivity index (χ1n) is 9.70. The normalized spacial score (nSPS) is 26.6. The molecule has 0 amide bonds. The predicted octanol–water partition coefficient (Wildman–Crippen LogP) is 2.86. The number of benzene rings is 1. The van der Waals surface area contributed by atoms with Gasteiger partial charge in [0.25, 0.3) is 0 Å². The monoisotopic (exact) mass is 384 g/mol. The first-order valence-corrected chi connectivity index (χ1v) is 9.70. The van der Waals surface area contributed by atoms with Crippen LogP contribution in [0.1, 0.15) is 50.7 Å². The van der Waals surface area contributed by atoms with Gasteiger partial charge in [-0.2, -0.15) is 9.59 Å². The van der Waals surface area contributed by atoms with Crippen molar-refractivity contribution in [3.8, 4) is 17.6 Å². The Morgan fingerprint density at radius 3 is 2.71 bits per heavy atom. The molecule has 1 saturated carbocycles. The number of aryl methyl sites for hydroxylation is 1. The van der Waals surface area contributed by atoms with Crippen LogP contribution >= 0.6 is 0 Å². The zero-order valence-electron chi connectivity index (χ0n) is 16.6. The molecule has 1 aromatic rings. The first-order chi connectivity index (χ1) is 13.5. The third kappa shape index (κ3) is 4.72. The average molecular weight is 384 g/mol. The molecule has 1 unspecified atom stereocenters. The van der Waals surface area contributed by atoms with E-state index in [2.05, 4.69) is 37.0 Å². The Bertz CT molecular complexity index is 782. The second-order valence-electron chi connectivity index (χ2n) is 7.32. The number of aliphatic hydroxyl groups is 2. The maximum Gasteiger partial charge on any atom is 0.373 e. The molecular formula is C23H28O5. The van der Waals surface area contributed by atoms with Gasteiger partial charge in [-0.3, -0.25) is 0 Å². The van der Waals surface area contributed by atoms with Crippen LogP contribution in [0.3, 0.4) is 0 Å². The lowest BCUT2D eigenvalue weighted by Crippen LogP contribution is -2.19. The molecule has 0 spiro atoms. The number of hydrogen-bond acceptors (Lipinski definition) is 5. The van der Waals surface area contributed by atoms with Gasteiger partial charge in [0.15, 0.2) is 0 Å². The van der Waals surface area contributed by atoms with Gasteiger partial charge in [0, 0.05) is 30.2 Å². The van der Waals surface area contributed by atoms with Gasteiger partial charge in [0.2, 0.25) is 0 Å². The lowest BCUT2D eigenvalue weighted by Gasteiger charge is -2.19. The third-order valence-electron chi connectivity index (χ3n) is 5.58. The Hall–Kier alpha value is -2.38. The van der Waals surface area contributed by atoms with Crippen LogP contribution in [0.2, 0.25) is 0 Å². The van der Waals surface area contributed by atoms with Gasteiger partial charge in [-0.05, 0) is 24.8 Å². The van der Waals surface area contributed by atoms with E-state index in [-0.39, 0.29) is 30.0 Å². The number of ether oxygens (including phenoxy) is 1. The van der Waals surface area contributed by atoms with Crippen molar-refractivity contribution in [2.45, 2.75) is 64.3 Å². The summed E-state index contributed by atoms with van der Waals surface area (Å²) >= 11 is 0. The SMILES string of the molecule is CC#CC[C@@H](C)[C@@H](O)/C=C/[C@H]1C2c3cccc(CC)c3O[C@@H]2C[C@@H]1O.O=C=O. The number of fused-ring (bicyclic) bond motifs is 3. The fourth-order valence-electron chi connectivity index (χ4n) is 4.06. The third-order valence-corrected chi connectivity index (χ3v) is 5.58. The lowest BCUT2D eigenvalue weighted by molar-refractivity contribution is -0.191. The maximum atomic E-state index is 10.5. The molecule has 1 aromatic carbocycles. The summed E-state index contributed by atoms with van der Waals surface area (Å²) in [5.41, 5.74) is 2.44. The molecule has 2 N–H and O–H groups in total. The summed E-state index contributed by atoms with van der Waals surface area (Å²) in [6.07, 6.45) is 5.40. The standard InChI is InChI=1S/C22H28O3.CO2/c1-4-6-8-14(3)18(23)12-11-16-19(24)13-20-21(16)17-10-7-9-15(5-2)22(17)25-20;2-1-3/h7,9-12,14,16,18-21,23-24H,5,8,13H2,1-3H3;/b12-11+;/t14-,16-,18+,19+,20-,21?;/m1./s1. The second-order valence-corrected chi connectivity index (χ2v) is 7.32. The van der Waals surface area contributed by atoms with Crippen LogP contribution < -0.4 is 4.74 Å². The van der Waals surface area contributed by atoms with Crippen molar-refractivity contribution in [2.75, 3.05) is 0 Å². The van der Waals surface area contributed by atoms with E-state index in [0.29, 0.717) is 12.8 Å². The summed E-state index contributed by atoms with van der Waals surface area (Å²) in [6.45, 7) is 5.94. The highest BCUT2D eigenvalue weighted by Gasteiger charge is 2.48. The van der Waals surface area contributed by atoms with Gasteiger partial charge in [-0.15, -0.1) is 11.8 Å². The molecule has 1 fully saturated rings. The van der Waals surface area contributed by atoms with Crippen molar-refractivity contribution < 1.29 is 24.5 Å². The van der Waals surface area contributed by atoms with Crippen LogP contribution in [0.5, 0.6) is 5.75 Å². The quantitative estimate of drug-likeness (QED) is 0.602. The largest absolute Gasteiger partial charge is 0.489 e. The summed E-state index contributed by atoms with van der Waals surface area (Å²) in [4.78, 5) is 16.2. The highest BCUT2D eigenvalue weighted by molar-refractivity contribution is 5.49. The van der Waals surface area contributed by atoms with Crippen LogP contribution in [-0.2, 0) is 16.0 Å². The Morgan fingerprint density at radius 2 is 2.07 bits per heavy atom. The summed E-state index contributed by atoms with van der Waals surface area (Å²) in [7, 11) is 0.